The number of benzene rings is 1. The standard InChI is InChI=1S/C13H21O16P5S3/c1-30(17,35)26-34(23,37)29-32(20,21)27-31(18,19)28-33(22,36)24-7-9-11(15)12(16)13(25-9)10(14)8-5-3-2-4-6-8/h2-6,9,11-13,15-16H,7H2,1H3,(H,17,35)(H,18,19)(H,20,21)(H,22,36)(H,23,37). The van der Waals surface area contributed by atoms with Gasteiger partial charge >= 0.3 is 29.2 Å². The second-order valence-corrected chi connectivity index (χ2v) is 20.2. The highest BCUT2D eigenvalue weighted by molar-refractivity contribution is 8.46. The van der Waals surface area contributed by atoms with Crippen LogP contribution in [0.2, 0.25) is 0 Å². The van der Waals surface area contributed by atoms with Crippen molar-refractivity contribution in [3.05, 3.63) is 35.9 Å². The zero-order chi connectivity index (χ0) is 28.4. The van der Waals surface area contributed by atoms with E-state index in [0.29, 0.717) is 0 Å². The molecule has 1 aromatic rings. The van der Waals surface area contributed by atoms with Gasteiger partial charge in [-0.2, -0.15) is 8.62 Å². The molecule has 212 valence electrons. The van der Waals surface area contributed by atoms with Crippen LogP contribution in [0.1, 0.15) is 10.4 Å². The zero-order valence-corrected chi connectivity index (χ0v) is 25.2. The Labute approximate surface area is 225 Å². The molecule has 24 heteroatoms. The summed E-state index contributed by atoms with van der Waals surface area (Å²) in [6, 6.07) is 7.65. The lowest BCUT2D eigenvalue weighted by Gasteiger charge is -2.23. The topological polar surface area (TPSA) is 245 Å². The molecule has 0 spiro atoms. The number of phosphoric acid groups is 2. The first-order chi connectivity index (χ1) is 16.6. The van der Waals surface area contributed by atoms with Gasteiger partial charge in [0.1, 0.15) is 24.4 Å². The summed E-state index contributed by atoms with van der Waals surface area (Å²) in [5.74, 6) is -0.675. The van der Waals surface area contributed by atoms with Crippen LogP contribution in [0.15, 0.2) is 30.3 Å². The van der Waals surface area contributed by atoms with Crippen molar-refractivity contribution in [2.75, 3.05) is 13.3 Å². The van der Waals surface area contributed by atoms with Crippen LogP contribution in [-0.4, -0.2) is 73.3 Å². The van der Waals surface area contributed by atoms with E-state index < -0.39 is 72.5 Å². The van der Waals surface area contributed by atoms with Crippen LogP contribution in [0.4, 0.5) is 0 Å². The normalized spacial score (nSPS) is 30.3. The van der Waals surface area contributed by atoms with Crippen LogP contribution in [0.3, 0.4) is 0 Å². The number of ketones is 1. The van der Waals surface area contributed by atoms with Gasteiger partial charge in [-0.3, -0.25) is 4.79 Å². The summed E-state index contributed by atoms with van der Waals surface area (Å²) in [5, 5.41) is 20.3. The quantitative estimate of drug-likeness (QED) is 0.0890. The van der Waals surface area contributed by atoms with Crippen molar-refractivity contribution in [1.29, 1.82) is 0 Å². The summed E-state index contributed by atoms with van der Waals surface area (Å²) in [7, 11) is -11.6. The minimum atomic E-state index is -5.79. The van der Waals surface area contributed by atoms with Gasteiger partial charge in [-0.25, -0.2) is 22.3 Å². The third-order valence-electron chi connectivity index (χ3n) is 3.95. The maximum Gasteiger partial charge on any atom is 0.488 e. The Hall–Kier alpha value is 0.750. The van der Waals surface area contributed by atoms with E-state index in [9.17, 15) is 48.3 Å². The number of carbonyl (C=O) groups is 1. The zero-order valence-electron chi connectivity index (χ0n) is 18.2. The molecule has 9 atom stereocenters. The van der Waals surface area contributed by atoms with E-state index >= 15 is 0 Å². The summed E-state index contributed by atoms with van der Waals surface area (Å²) in [4.78, 5) is 51.2. The van der Waals surface area contributed by atoms with Gasteiger partial charge in [0.05, 0.1) is 6.61 Å². The number of ether oxygens (including phenoxy) is 1. The summed E-state index contributed by atoms with van der Waals surface area (Å²) in [6.45, 7) is -13.4. The first-order valence-corrected chi connectivity index (χ1v) is 20.7. The molecule has 37 heavy (non-hydrogen) atoms. The van der Waals surface area contributed by atoms with Gasteiger partial charge in [0.25, 0.3) is 0 Å². The van der Waals surface area contributed by atoms with Crippen LogP contribution in [0, 0.1) is 0 Å². The van der Waals surface area contributed by atoms with Gasteiger partial charge in [0.2, 0.25) is 0 Å². The largest absolute Gasteiger partial charge is 0.488 e. The van der Waals surface area contributed by atoms with Gasteiger partial charge < -0.3 is 39.0 Å². The van der Waals surface area contributed by atoms with Gasteiger partial charge in [0, 0.05) is 12.2 Å². The molecule has 2 rings (SSSR count). The van der Waals surface area contributed by atoms with Crippen molar-refractivity contribution in [2.24, 2.45) is 0 Å². The van der Waals surface area contributed by atoms with Crippen LogP contribution in [-0.2, 0) is 63.8 Å². The number of carbonyl (C=O) groups excluding carboxylic acids is 1. The number of hydrogen-bond donors (Lipinski definition) is 7. The highest BCUT2D eigenvalue weighted by Crippen LogP contribution is 2.75. The second kappa shape index (κ2) is 12.7. The Morgan fingerprint density at radius 1 is 0.946 bits per heavy atom. The second-order valence-electron chi connectivity index (χ2n) is 7.11. The summed E-state index contributed by atoms with van der Waals surface area (Å²) in [6.07, 6.45) is -6.42. The number of hydrogen-bond acceptors (Lipinski definition) is 14. The Morgan fingerprint density at radius 3 is 2.03 bits per heavy atom. The van der Waals surface area contributed by atoms with Crippen molar-refractivity contribution in [3.8, 4) is 0 Å². The fourth-order valence-electron chi connectivity index (χ4n) is 2.69. The Balaban J connectivity index is 1.99. The number of Topliss-reactive ketones (excluding diaryl/α,β-unsaturated/α-hetero) is 1. The fraction of sp³-hybridized carbons (Fsp3) is 0.462. The monoisotopic (exact) mass is 684 g/mol. The first-order valence-electron chi connectivity index (χ1n) is 9.34. The molecular weight excluding hydrogens is 663 g/mol. The van der Waals surface area contributed by atoms with E-state index in [4.69, 9.17) is 9.26 Å². The number of thiol groups is 1. The first kappa shape index (κ1) is 34.0. The molecule has 0 radical (unpaired) electrons. The number of aliphatic hydroxyl groups is 2. The summed E-state index contributed by atoms with van der Waals surface area (Å²) < 4.78 is 62.3. The lowest BCUT2D eigenvalue weighted by molar-refractivity contribution is -0.0128. The molecule has 1 saturated heterocycles. The lowest BCUT2D eigenvalue weighted by Crippen LogP contribution is -2.37. The Kier molecular flexibility index (Phi) is 11.7. The van der Waals surface area contributed by atoms with Crippen LogP contribution in [0.5, 0.6) is 0 Å². The van der Waals surface area contributed by atoms with Crippen molar-refractivity contribution in [2.45, 2.75) is 24.4 Å². The molecule has 16 nitrogen and oxygen atoms in total. The molecule has 0 bridgehead atoms. The van der Waals surface area contributed by atoms with Gasteiger partial charge in [0.15, 0.2) is 12.3 Å². The van der Waals surface area contributed by atoms with Crippen molar-refractivity contribution in [1.82, 2.24) is 0 Å². The third kappa shape index (κ3) is 11.3. The molecule has 1 aliphatic heterocycles. The average molecular weight is 684 g/mol. The smallest absolute Gasteiger partial charge is 0.387 e. The maximum absolute atomic E-state index is 12.5. The van der Waals surface area contributed by atoms with Gasteiger partial charge in [-0.15, -0.1) is 0 Å². The van der Waals surface area contributed by atoms with Gasteiger partial charge in [-0.1, -0.05) is 42.6 Å². The fourth-order valence-corrected chi connectivity index (χ4v) is 13.3. The highest BCUT2D eigenvalue weighted by atomic mass is 32.7. The van der Waals surface area contributed by atoms with E-state index in [1.165, 1.54) is 12.1 Å². The van der Waals surface area contributed by atoms with Crippen molar-refractivity contribution in [3.63, 3.8) is 0 Å². The Morgan fingerprint density at radius 2 is 1.49 bits per heavy atom. The molecule has 0 aromatic heterocycles. The molecule has 1 heterocycles. The van der Waals surface area contributed by atoms with Crippen LogP contribution in [0.25, 0.3) is 0 Å². The molecule has 0 amide bonds. The maximum atomic E-state index is 12.5. The molecule has 1 aliphatic rings. The average Bonchev–Trinajstić information content (AvgIpc) is 2.96. The minimum absolute atomic E-state index is 0.166. The minimum Gasteiger partial charge on any atom is -0.387 e. The summed E-state index contributed by atoms with van der Waals surface area (Å²) in [5.41, 5.74) is 0.166. The number of aliphatic hydroxyl groups excluding tert-OH is 2. The SMILES string of the molecule is CP(O)(=S)OP(=O)(S)OP(=O)(O)OP(=O)(O)OP(O)(=S)OCC1OC(C(=O)c2ccccc2)C(O)C1O. The van der Waals surface area contributed by atoms with E-state index in [2.05, 4.69) is 53.1 Å². The molecular formula is C13H21O16P5S3. The van der Waals surface area contributed by atoms with Crippen molar-refractivity contribution >= 4 is 77.3 Å². The number of rotatable bonds is 13. The third-order valence-corrected chi connectivity index (χ3v) is 14.3. The van der Waals surface area contributed by atoms with Crippen molar-refractivity contribution < 1.29 is 74.8 Å². The van der Waals surface area contributed by atoms with Crippen LogP contribution < -0.4 is 0 Å². The Bertz CT molecular complexity index is 1220. The van der Waals surface area contributed by atoms with E-state index in [-0.39, 0.29) is 5.56 Å². The predicted molar refractivity (Wildman–Crippen MR) is 137 cm³/mol. The molecule has 0 saturated carbocycles. The van der Waals surface area contributed by atoms with E-state index in [1.807, 2.05) is 0 Å². The van der Waals surface area contributed by atoms with E-state index in [0.717, 1.165) is 6.66 Å². The van der Waals surface area contributed by atoms with Gasteiger partial charge in [-0.05, 0) is 23.6 Å². The molecule has 6 N–H and O–H groups in total. The van der Waals surface area contributed by atoms with E-state index in [1.54, 1.807) is 18.2 Å². The van der Waals surface area contributed by atoms with Crippen LogP contribution >= 0.6 is 47.9 Å². The lowest BCUT2D eigenvalue weighted by atomic mass is 10.0. The summed E-state index contributed by atoms with van der Waals surface area (Å²) >= 11 is 12.2. The molecule has 1 fully saturated rings. The molecule has 0 aliphatic carbocycles. The highest BCUT2D eigenvalue weighted by Gasteiger charge is 2.48. The molecule has 1 aromatic carbocycles. The predicted octanol–water partition coefficient (Wildman–Crippen LogP) is 1.83. The molecule has 9 unspecified atom stereocenters.